The van der Waals surface area contributed by atoms with Gasteiger partial charge in [-0.15, -0.1) is 0 Å². The Morgan fingerprint density at radius 3 is 2.47 bits per heavy atom. The summed E-state index contributed by atoms with van der Waals surface area (Å²) in [5, 5.41) is 11.9. The van der Waals surface area contributed by atoms with Gasteiger partial charge in [0.2, 0.25) is 0 Å². The molecule has 206 valence electrons. The van der Waals surface area contributed by atoms with Crippen LogP contribution in [0.2, 0.25) is 5.15 Å². The lowest BCUT2D eigenvalue weighted by atomic mass is 9.97. The van der Waals surface area contributed by atoms with Crippen LogP contribution in [0, 0.1) is 6.92 Å². The van der Waals surface area contributed by atoms with Gasteiger partial charge in [-0.05, 0) is 45.2 Å². The molecule has 0 spiro atoms. The van der Waals surface area contributed by atoms with Crippen LogP contribution in [-0.2, 0) is 0 Å². The normalized spacial score (nSPS) is 19.9. The first-order valence-corrected chi connectivity index (χ1v) is 13.7. The van der Waals surface area contributed by atoms with Crippen LogP contribution in [0.3, 0.4) is 0 Å². The van der Waals surface area contributed by atoms with Crippen LogP contribution in [0.5, 0.6) is 0 Å². The van der Waals surface area contributed by atoms with E-state index < -0.39 is 11.9 Å². The molecular weight excluding hydrogens is 506 g/mol. The second-order valence-corrected chi connectivity index (χ2v) is 10.6. The number of hydrogen-bond donors (Lipinski definition) is 3. The fourth-order valence-electron chi connectivity index (χ4n) is 5.31. The number of anilines is 2. The maximum Gasteiger partial charge on any atom is 0.274 e. The molecule has 2 fully saturated rings. The SMILES string of the molecule is CC[C@H]1CN(c2nc(N)c(C(=O)N[C@H](C)CO)nc2Cl)CCN1C1CCN(C(=O)c2ccc(C)cc2)CC1. The van der Waals surface area contributed by atoms with E-state index in [0.717, 1.165) is 56.6 Å². The molecule has 0 radical (unpaired) electrons. The van der Waals surface area contributed by atoms with Crippen LogP contribution in [0.4, 0.5) is 11.6 Å². The molecule has 0 unspecified atom stereocenters. The number of carbonyl (C=O) groups excluding carboxylic acids is 2. The Morgan fingerprint density at radius 2 is 1.84 bits per heavy atom. The lowest BCUT2D eigenvalue weighted by Crippen LogP contribution is -2.58. The van der Waals surface area contributed by atoms with E-state index >= 15 is 0 Å². The molecule has 38 heavy (non-hydrogen) atoms. The summed E-state index contributed by atoms with van der Waals surface area (Å²) >= 11 is 6.48. The highest BCUT2D eigenvalue weighted by molar-refractivity contribution is 6.32. The molecular formula is C27H38ClN7O3. The number of nitrogen functional groups attached to an aromatic ring is 1. The molecule has 2 saturated heterocycles. The van der Waals surface area contributed by atoms with Crippen molar-refractivity contribution in [3.05, 3.63) is 46.2 Å². The number of aliphatic hydroxyl groups is 1. The first kappa shape index (κ1) is 28.1. The minimum Gasteiger partial charge on any atom is -0.394 e. The smallest absolute Gasteiger partial charge is 0.274 e. The third-order valence-corrected chi connectivity index (χ3v) is 7.80. The van der Waals surface area contributed by atoms with Crippen molar-refractivity contribution in [3.63, 3.8) is 0 Å². The number of rotatable bonds is 7. The van der Waals surface area contributed by atoms with Gasteiger partial charge in [0, 0.05) is 56.4 Å². The zero-order chi connectivity index (χ0) is 27.4. The molecule has 2 amide bonds. The first-order chi connectivity index (χ1) is 18.2. The van der Waals surface area contributed by atoms with Crippen molar-refractivity contribution in [2.45, 2.75) is 58.2 Å². The number of carbonyl (C=O) groups is 2. The molecule has 0 bridgehead atoms. The summed E-state index contributed by atoms with van der Waals surface area (Å²) in [6.45, 7) is 9.44. The minimum atomic E-state index is -0.520. The van der Waals surface area contributed by atoms with Crippen LogP contribution < -0.4 is 16.0 Å². The third-order valence-electron chi connectivity index (χ3n) is 7.55. The Morgan fingerprint density at radius 1 is 1.16 bits per heavy atom. The number of aryl methyl sites for hydroxylation is 1. The number of aliphatic hydroxyl groups excluding tert-OH is 1. The Hall–Kier alpha value is -2.95. The summed E-state index contributed by atoms with van der Waals surface area (Å²) in [6.07, 6.45) is 2.84. The maximum absolute atomic E-state index is 12.9. The van der Waals surface area contributed by atoms with Gasteiger partial charge in [0.15, 0.2) is 22.5 Å². The molecule has 2 aliphatic rings. The topological polar surface area (TPSA) is 128 Å². The van der Waals surface area contributed by atoms with E-state index in [1.165, 1.54) is 0 Å². The van der Waals surface area contributed by atoms with Gasteiger partial charge in [-0.2, -0.15) is 0 Å². The number of hydrogen-bond acceptors (Lipinski definition) is 8. The number of amides is 2. The van der Waals surface area contributed by atoms with Gasteiger partial charge in [-0.1, -0.05) is 36.2 Å². The summed E-state index contributed by atoms with van der Waals surface area (Å²) < 4.78 is 0. The van der Waals surface area contributed by atoms with Crippen molar-refractivity contribution in [1.29, 1.82) is 0 Å². The van der Waals surface area contributed by atoms with Crippen LogP contribution in [-0.4, -0.2) is 94.1 Å². The predicted octanol–water partition coefficient (Wildman–Crippen LogP) is 2.34. The molecule has 4 N–H and O–H groups in total. The van der Waals surface area contributed by atoms with Crippen LogP contribution in [0.1, 0.15) is 59.5 Å². The van der Waals surface area contributed by atoms with Gasteiger partial charge in [-0.3, -0.25) is 14.5 Å². The summed E-state index contributed by atoms with van der Waals surface area (Å²) in [5.41, 5.74) is 7.94. The second-order valence-electron chi connectivity index (χ2n) is 10.3. The molecule has 2 atom stereocenters. The van der Waals surface area contributed by atoms with E-state index in [4.69, 9.17) is 17.3 Å². The highest BCUT2D eigenvalue weighted by atomic mass is 35.5. The van der Waals surface area contributed by atoms with Gasteiger partial charge >= 0.3 is 0 Å². The van der Waals surface area contributed by atoms with Crippen molar-refractivity contribution in [2.75, 3.05) is 50.0 Å². The van der Waals surface area contributed by atoms with Crippen molar-refractivity contribution in [1.82, 2.24) is 25.1 Å². The van der Waals surface area contributed by atoms with E-state index in [-0.39, 0.29) is 29.2 Å². The number of nitrogens with zero attached hydrogens (tertiary/aromatic N) is 5. The molecule has 0 saturated carbocycles. The average molecular weight is 544 g/mol. The quantitative estimate of drug-likeness (QED) is 0.485. The molecule has 2 aliphatic heterocycles. The number of piperazine rings is 1. The first-order valence-electron chi connectivity index (χ1n) is 13.3. The highest BCUT2D eigenvalue weighted by Gasteiger charge is 2.35. The third kappa shape index (κ3) is 6.19. The lowest BCUT2D eigenvalue weighted by molar-refractivity contribution is 0.0490. The summed E-state index contributed by atoms with van der Waals surface area (Å²) in [6, 6.07) is 8.05. The predicted molar refractivity (Wildman–Crippen MR) is 149 cm³/mol. The average Bonchev–Trinajstić information content (AvgIpc) is 2.93. The van der Waals surface area contributed by atoms with Crippen LogP contribution in [0.25, 0.3) is 0 Å². The van der Waals surface area contributed by atoms with Crippen molar-refractivity contribution >= 4 is 35.1 Å². The second kappa shape index (κ2) is 12.3. The molecule has 2 aromatic rings. The Bertz CT molecular complexity index is 1140. The van der Waals surface area contributed by atoms with E-state index in [2.05, 4.69) is 32.0 Å². The zero-order valence-corrected chi connectivity index (χ0v) is 23.1. The minimum absolute atomic E-state index is 0.00753. The molecule has 11 heteroatoms. The number of nitrogens with two attached hydrogens (primary N) is 1. The van der Waals surface area contributed by atoms with E-state index in [1.54, 1.807) is 6.92 Å². The zero-order valence-electron chi connectivity index (χ0n) is 22.4. The number of nitrogens with one attached hydrogen (secondary N) is 1. The van der Waals surface area contributed by atoms with Crippen molar-refractivity contribution in [2.24, 2.45) is 0 Å². The number of likely N-dealkylation sites (tertiary alicyclic amines) is 1. The van der Waals surface area contributed by atoms with E-state index in [9.17, 15) is 14.7 Å². The molecule has 1 aromatic carbocycles. The fourth-order valence-corrected chi connectivity index (χ4v) is 5.56. The molecule has 3 heterocycles. The summed E-state index contributed by atoms with van der Waals surface area (Å²) in [5.74, 6) is 0.0724. The number of halogens is 1. The Kier molecular flexibility index (Phi) is 9.07. The van der Waals surface area contributed by atoms with Gasteiger partial charge < -0.3 is 26.0 Å². The number of piperidine rings is 1. The molecule has 1 aromatic heterocycles. The number of aromatic nitrogens is 2. The van der Waals surface area contributed by atoms with Gasteiger partial charge in [0.05, 0.1) is 6.61 Å². The standard InChI is InChI=1S/C27H38ClN7O3/c1-4-20-15-34(25-23(28)31-22(24(29)32-25)26(37)30-18(3)16-36)13-14-35(20)21-9-11-33(12-10-21)27(38)19-7-5-17(2)6-8-19/h5-8,18,20-21,36H,4,9-16H2,1-3H3,(H2,29,32)(H,30,37)/t18-,20+/m1/s1. The maximum atomic E-state index is 12.9. The van der Waals surface area contributed by atoms with Gasteiger partial charge in [0.25, 0.3) is 11.8 Å². The highest BCUT2D eigenvalue weighted by Crippen LogP contribution is 2.30. The van der Waals surface area contributed by atoms with Crippen LogP contribution in [0.15, 0.2) is 24.3 Å². The van der Waals surface area contributed by atoms with E-state index in [0.29, 0.717) is 24.4 Å². The number of benzene rings is 1. The Balaban J connectivity index is 1.38. The summed E-state index contributed by atoms with van der Waals surface area (Å²) in [4.78, 5) is 40.7. The monoisotopic (exact) mass is 543 g/mol. The van der Waals surface area contributed by atoms with E-state index in [1.807, 2.05) is 36.1 Å². The van der Waals surface area contributed by atoms with Crippen LogP contribution >= 0.6 is 11.6 Å². The fraction of sp³-hybridized carbons (Fsp3) is 0.556. The molecule has 10 nitrogen and oxygen atoms in total. The Labute approximate surface area is 229 Å². The summed E-state index contributed by atoms with van der Waals surface area (Å²) in [7, 11) is 0. The van der Waals surface area contributed by atoms with Crippen molar-refractivity contribution in [3.8, 4) is 0 Å². The molecule has 4 rings (SSSR count). The van der Waals surface area contributed by atoms with Crippen molar-refractivity contribution < 1.29 is 14.7 Å². The molecule has 0 aliphatic carbocycles. The largest absolute Gasteiger partial charge is 0.394 e. The van der Waals surface area contributed by atoms with Gasteiger partial charge in [-0.25, -0.2) is 9.97 Å². The lowest BCUT2D eigenvalue weighted by Gasteiger charge is -2.47. The van der Waals surface area contributed by atoms with Gasteiger partial charge in [0.1, 0.15) is 0 Å².